The first-order valence-electron chi connectivity index (χ1n) is 3.09. The Morgan fingerprint density at radius 3 is 1.64 bits per heavy atom. The predicted molar refractivity (Wildman–Crippen MR) is 43.7 cm³/mol. The van der Waals surface area contributed by atoms with E-state index in [2.05, 4.69) is 0 Å². The molecule has 6 nitrogen and oxygen atoms in total. The molecule has 0 aliphatic heterocycles. The molecular weight excluding hydrogens is 232 g/mol. The summed E-state index contributed by atoms with van der Waals surface area (Å²) < 4.78 is 58.9. The fraction of sp³-hybridized carbons (Fsp3) is 0. The zero-order chi connectivity index (χ0) is 11.0. The highest BCUT2D eigenvalue weighted by atomic mass is 32.2. The normalized spacial score (nSPS) is 12.7. The van der Waals surface area contributed by atoms with Gasteiger partial charge in [0, 0.05) is 12.1 Å². The van der Waals surface area contributed by atoms with Crippen LogP contribution in [0.25, 0.3) is 0 Å². The molecule has 0 spiro atoms. The Morgan fingerprint density at radius 1 is 0.929 bits per heavy atom. The predicted octanol–water partition coefficient (Wildman–Crippen LogP) is -0.220. The molecule has 1 aromatic rings. The fourth-order valence-corrected chi connectivity index (χ4v) is 1.49. The molecule has 0 amide bonds. The minimum Gasteiger partial charge on any atom is -0.282 e. The van der Waals surface area contributed by atoms with Crippen LogP contribution in [0.15, 0.2) is 21.9 Å². The summed E-state index contributed by atoms with van der Waals surface area (Å²) in [6, 6.07) is 5.34. The van der Waals surface area contributed by atoms with E-state index < -0.39 is 30.0 Å². The van der Waals surface area contributed by atoms with Gasteiger partial charge in [-0.1, -0.05) is 0 Å². The number of benzene rings is 1. The SMILES string of the molecule is O=S(=O)(O)c1[c]cc(S(=O)(=O)O)c[c]1. The van der Waals surface area contributed by atoms with Gasteiger partial charge in [0.1, 0.15) is 4.90 Å². The van der Waals surface area contributed by atoms with Crippen LogP contribution in [0.4, 0.5) is 0 Å². The Kier molecular flexibility index (Phi) is 2.63. The van der Waals surface area contributed by atoms with Crippen molar-refractivity contribution in [3.8, 4) is 0 Å². The van der Waals surface area contributed by atoms with Crippen LogP contribution in [-0.2, 0) is 20.2 Å². The van der Waals surface area contributed by atoms with Gasteiger partial charge >= 0.3 is 0 Å². The Bertz CT molecular complexity index is 473. The van der Waals surface area contributed by atoms with Gasteiger partial charge in [0.25, 0.3) is 20.2 Å². The molecule has 0 aliphatic carbocycles. The van der Waals surface area contributed by atoms with E-state index in [4.69, 9.17) is 9.11 Å². The maximum atomic E-state index is 10.5. The summed E-state index contributed by atoms with van der Waals surface area (Å²) in [5.74, 6) is 0. The maximum Gasteiger partial charge on any atom is 0.295 e. The molecular formula is C6H4O6S2. The van der Waals surface area contributed by atoms with E-state index in [9.17, 15) is 16.8 Å². The molecule has 1 rings (SSSR count). The van der Waals surface area contributed by atoms with Crippen LogP contribution in [0.1, 0.15) is 0 Å². The van der Waals surface area contributed by atoms with Crippen molar-refractivity contribution in [2.45, 2.75) is 9.79 Å². The van der Waals surface area contributed by atoms with Crippen LogP contribution in [0.3, 0.4) is 0 Å². The second-order valence-corrected chi connectivity index (χ2v) is 5.04. The summed E-state index contributed by atoms with van der Waals surface area (Å²) in [7, 11) is -8.86. The van der Waals surface area contributed by atoms with E-state index in [-0.39, 0.29) is 0 Å². The smallest absolute Gasteiger partial charge is 0.282 e. The van der Waals surface area contributed by atoms with E-state index in [1.54, 1.807) is 0 Å². The first-order chi connectivity index (χ1) is 6.21. The minimum absolute atomic E-state index is 0.551. The zero-order valence-electron chi connectivity index (χ0n) is 6.50. The molecule has 14 heavy (non-hydrogen) atoms. The Balaban J connectivity index is 3.28. The molecule has 2 radical (unpaired) electrons. The van der Waals surface area contributed by atoms with Gasteiger partial charge in [0.15, 0.2) is 0 Å². The molecule has 8 heteroatoms. The standard InChI is InChI=1S/C6H4O6S2/c7-13(8,9)5-1-2-6(4-3-5)14(10,11)12/h1,3H,(H,7,8,9)(H,10,11,12). The summed E-state index contributed by atoms with van der Waals surface area (Å²) in [6.45, 7) is 0. The molecule has 0 fully saturated rings. The van der Waals surface area contributed by atoms with Crippen molar-refractivity contribution in [1.29, 1.82) is 0 Å². The quantitative estimate of drug-likeness (QED) is 0.687. The lowest BCUT2D eigenvalue weighted by Crippen LogP contribution is -2.01. The molecule has 2 N–H and O–H groups in total. The molecule has 0 aliphatic rings. The third-order valence-electron chi connectivity index (χ3n) is 1.25. The van der Waals surface area contributed by atoms with Crippen molar-refractivity contribution in [2.24, 2.45) is 0 Å². The van der Waals surface area contributed by atoms with E-state index in [1.807, 2.05) is 12.1 Å². The molecule has 0 unspecified atom stereocenters. The van der Waals surface area contributed by atoms with Crippen LogP contribution in [0.5, 0.6) is 0 Å². The van der Waals surface area contributed by atoms with Gasteiger partial charge in [0.05, 0.1) is 4.90 Å². The van der Waals surface area contributed by atoms with Crippen LogP contribution in [-0.4, -0.2) is 25.9 Å². The van der Waals surface area contributed by atoms with Gasteiger partial charge in [0.2, 0.25) is 0 Å². The second-order valence-electron chi connectivity index (χ2n) is 2.26. The van der Waals surface area contributed by atoms with Gasteiger partial charge in [-0.05, 0) is 12.1 Å². The van der Waals surface area contributed by atoms with Crippen LogP contribution in [0, 0.1) is 12.1 Å². The summed E-state index contributed by atoms with van der Waals surface area (Å²) in [5.41, 5.74) is 0. The van der Waals surface area contributed by atoms with Gasteiger partial charge in [-0.25, -0.2) is 0 Å². The lowest BCUT2D eigenvalue weighted by atomic mass is 10.4. The minimum atomic E-state index is -4.45. The summed E-state index contributed by atoms with van der Waals surface area (Å²) >= 11 is 0. The van der Waals surface area contributed by atoms with Crippen molar-refractivity contribution < 1.29 is 25.9 Å². The first-order valence-corrected chi connectivity index (χ1v) is 5.97. The summed E-state index contributed by atoms with van der Waals surface area (Å²) in [6.07, 6.45) is 0. The van der Waals surface area contributed by atoms with Gasteiger partial charge < -0.3 is 0 Å². The van der Waals surface area contributed by atoms with Crippen molar-refractivity contribution in [1.82, 2.24) is 0 Å². The van der Waals surface area contributed by atoms with E-state index in [0.717, 1.165) is 12.1 Å². The van der Waals surface area contributed by atoms with Gasteiger partial charge in [-0.2, -0.15) is 16.8 Å². The average Bonchev–Trinajstić information content (AvgIpc) is 2.01. The van der Waals surface area contributed by atoms with Crippen molar-refractivity contribution in [2.75, 3.05) is 0 Å². The molecule has 0 bridgehead atoms. The lowest BCUT2D eigenvalue weighted by Gasteiger charge is -1.97. The molecule has 76 valence electrons. The average molecular weight is 236 g/mol. The van der Waals surface area contributed by atoms with Crippen molar-refractivity contribution in [3.05, 3.63) is 24.3 Å². The van der Waals surface area contributed by atoms with Gasteiger partial charge in [-0.15, -0.1) is 0 Å². The summed E-state index contributed by atoms with van der Waals surface area (Å²) in [4.78, 5) is -1.24. The Labute approximate surface area is 80.7 Å². The van der Waals surface area contributed by atoms with Crippen LogP contribution in [0.2, 0.25) is 0 Å². The molecule has 0 saturated heterocycles. The molecule has 1 aromatic carbocycles. The monoisotopic (exact) mass is 236 g/mol. The molecule has 0 atom stereocenters. The van der Waals surface area contributed by atoms with Crippen LogP contribution >= 0.6 is 0 Å². The van der Waals surface area contributed by atoms with E-state index in [1.165, 1.54) is 0 Å². The molecule has 0 heterocycles. The van der Waals surface area contributed by atoms with Crippen molar-refractivity contribution in [3.63, 3.8) is 0 Å². The largest absolute Gasteiger partial charge is 0.295 e. The summed E-state index contributed by atoms with van der Waals surface area (Å²) in [5, 5.41) is 0. The fourth-order valence-electron chi connectivity index (χ4n) is 0.655. The highest BCUT2D eigenvalue weighted by Crippen LogP contribution is 2.12. The molecule has 0 aromatic heterocycles. The highest BCUT2D eigenvalue weighted by molar-refractivity contribution is 7.86. The van der Waals surface area contributed by atoms with Crippen molar-refractivity contribution >= 4 is 20.2 Å². The van der Waals surface area contributed by atoms with Crippen LogP contribution < -0.4 is 0 Å². The number of hydrogen-bond acceptors (Lipinski definition) is 4. The number of hydrogen-bond donors (Lipinski definition) is 2. The Hall–Kier alpha value is -0.960. The van der Waals surface area contributed by atoms with Gasteiger partial charge in [-0.3, -0.25) is 9.11 Å². The first kappa shape index (κ1) is 11.1. The number of rotatable bonds is 2. The third-order valence-corrected chi connectivity index (χ3v) is 2.83. The molecule has 0 saturated carbocycles. The Morgan fingerprint density at radius 2 is 1.36 bits per heavy atom. The lowest BCUT2D eigenvalue weighted by molar-refractivity contribution is 0.478. The second kappa shape index (κ2) is 3.31. The van der Waals surface area contributed by atoms with E-state index >= 15 is 0 Å². The van der Waals surface area contributed by atoms with E-state index in [0.29, 0.717) is 0 Å². The zero-order valence-corrected chi connectivity index (χ0v) is 8.13. The maximum absolute atomic E-state index is 10.5. The topological polar surface area (TPSA) is 109 Å². The third kappa shape index (κ3) is 2.51. The highest BCUT2D eigenvalue weighted by Gasteiger charge is 2.13.